The fraction of sp³-hybridized carbons (Fsp3) is 0.538. The second-order valence-corrected chi connectivity index (χ2v) is 4.46. The minimum absolute atomic E-state index is 0.279. The van der Waals surface area contributed by atoms with Crippen LogP contribution in [0, 0.1) is 5.92 Å². The Hall–Kier alpha value is -1.18. The molecular weight excluding hydrogens is 186 g/mol. The molecular formula is C13H18NO+. The van der Waals surface area contributed by atoms with E-state index in [1.807, 2.05) is 36.1 Å². The molecule has 0 radical (unpaired) electrons. The molecule has 2 heteroatoms. The molecule has 2 rings (SSSR count). The van der Waals surface area contributed by atoms with Crippen molar-refractivity contribution in [3.8, 4) is 0 Å². The maximum absolute atomic E-state index is 12.1. The third-order valence-electron chi connectivity index (χ3n) is 3.20. The molecule has 1 aliphatic rings. The molecule has 1 fully saturated rings. The first-order valence-corrected chi connectivity index (χ1v) is 5.77. The molecule has 0 aliphatic heterocycles. The summed E-state index contributed by atoms with van der Waals surface area (Å²) in [6.45, 7) is 0. The van der Waals surface area contributed by atoms with Crippen LogP contribution in [0.4, 0.5) is 0 Å². The Balaban J connectivity index is 2.12. The van der Waals surface area contributed by atoms with Gasteiger partial charge in [0.15, 0.2) is 18.2 Å². The Labute approximate surface area is 90.9 Å². The molecule has 15 heavy (non-hydrogen) atoms. The van der Waals surface area contributed by atoms with Gasteiger partial charge in [-0.05, 0) is 18.9 Å². The lowest BCUT2D eigenvalue weighted by Crippen LogP contribution is -2.29. The van der Waals surface area contributed by atoms with Crippen LogP contribution in [-0.2, 0) is 7.05 Å². The summed E-state index contributed by atoms with van der Waals surface area (Å²) in [5.74, 6) is 0.618. The molecule has 1 aromatic heterocycles. The number of aromatic nitrogens is 1. The fourth-order valence-electron chi connectivity index (χ4n) is 2.33. The average molecular weight is 204 g/mol. The van der Waals surface area contributed by atoms with Gasteiger partial charge >= 0.3 is 0 Å². The molecule has 1 heterocycles. The SMILES string of the molecule is C[n+]1cccc(C(=O)C2CCCCC2)c1. The van der Waals surface area contributed by atoms with E-state index in [9.17, 15) is 4.79 Å². The summed E-state index contributed by atoms with van der Waals surface area (Å²) in [6, 6.07) is 3.87. The van der Waals surface area contributed by atoms with Gasteiger partial charge < -0.3 is 0 Å². The summed E-state index contributed by atoms with van der Waals surface area (Å²) in [4.78, 5) is 12.1. The summed E-state index contributed by atoms with van der Waals surface area (Å²) < 4.78 is 1.94. The number of carbonyl (C=O) groups excluding carboxylic acids is 1. The molecule has 0 saturated heterocycles. The standard InChI is InChI=1S/C13H18NO/c1-14-9-5-8-12(10-14)13(15)11-6-3-2-4-7-11/h5,8-11H,2-4,6-7H2,1H3/q+1. The molecule has 0 aromatic carbocycles. The molecule has 0 N–H and O–H groups in total. The van der Waals surface area contributed by atoms with Crippen molar-refractivity contribution in [2.45, 2.75) is 32.1 Å². The number of pyridine rings is 1. The average Bonchev–Trinajstić information content (AvgIpc) is 2.29. The predicted molar refractivity (Wildman–Crippen MR) is 58.5 cm³/mol. The summed E-state index contributed by atoms with van der Waals surface area (Å²) in [5, 5.41) is 0. The Bertz CT molecular complexity index is 353. The first-order chi connectivity index (χ1) is 7.27. The van der Waals surface area contributed by atoms with Gasteiger partial charge in [0.05, 0.1) is 5.56 Å². The molecule has 1 aromatic rings. The van der Waals surface area contributed by atoms with Gasteiger partial charge in [-0.25, -0.2) is 4.57 Å². The number of carbonyl (C=O) groups is 1. The van der Waals surface area contributed by atoms with Gasteiger partial charge in [-0.1, -0.05) is 19.3 Å². The highest BCUT2D eigenvalue weighted by atomic mass is 16.1. The molecule has 1 saturated carbocycles. The normalized spacial score (nSPS) is 17.7. The van der Waals surface area contributed by atoms with Crippen LogP contribution in [-0.4, -0.2) is 5.78 Å². The largest absolute Gasteiger partial charge is 0.294 e. The number of rotatable bonds is 2. The van der Waals surface area contributed by atoms with E-state index in [1.165, 1.54) is 19.3 Å². The molecule has 1 aliphatic carbocycles. The van der Waals surface area contributed by atoms with Crippen molar-refractivity contribution in [3.05, 3.63) is 30.1 Å². The van der Waals surface area contributed by atoms with Crippen LogP contribution in [0.25, 0.3) is 0 Å². The van der Waals surface area contributed by atoms with Crippen LogP contribution in [0.5, 0.6) is 0 Å². The monoisotopic (exact) mass is 204 g/mol. The Morgan fingerprint density at radius 2 is 2.07 bits per heavy atom. The minimum atomic E-state index is 0.279. The van der Waals surface area contributed by atoms with E-state index in [1.54, 1.807) is 0 Å². The zero-order valence-corrected chi connectivity index (χ0v) is 9.28. The highest BCUT2D eigenvalue weighted by molar-refractivity contribution is 5.97. The number of ketones is 1. The van der Waals surface area contributed by atoms with E-state index in [0.29, 0.717) is 5.78 Å². The van der Waals surface area contributed by atoms with Crippen LogP contribution in [0.1, 0.15) is 42.5 Å². The number of hydrogen-bond acceptors (Lipinski definition) is 1. The van der Waals surface area contributed by atoms with Crippen molar-refractivity contribution in [1.82, 2.24) is 0 Å². The van der Waals surface area contributed by atoms with Crippen molar-refractivity contribution in [2.75, 3.05) is 0 Å². The first-order valence-electron chi connectivity index (χ1n) is 5.77. The van der Waals surface area contributed by atoms with E-state index < -0.39 is 0 Å². The Kier molecular flexibility index (Phi) is 3.14. The highest BCUT2D eigenvalue weighted by Crippen LogP contribution is 2.26. The lowest BCUT2D eigenvalue weighted by molar-refractivity contribution is -0.671. The van der Waals surface area contributed by atoms with Crippen molar-refractivity contribution in [2.24, 2.45) is 13.0 Å². The van der Waals surface area contributed by atoms with Gasteiger partial charge in [0, 0.05) is 12.0 Å². The molecule has 0 amide bonds. The van der Waals surface area contributed by atoms with E-state index in [-0.39, 0.29) is 5.92 Å². The maximum Gasteiger partial charge on any atom is 0.179 e. The third kappa shape index (κ3) is 2.44. The second-order valence-electron chi connectivity index (χ2n) is 4.46. The molecule has 0 atom stereocenters. The van der Waals surface area contributed by atoms with Crippen LogP contribution in [0.2, 0.25) is 0 Å². The van der Waals surface area contributed by atoms with Gasteiger partial charge in [0.25, 0.3) is 0 Å². The summed E-state index contributed by atoms with van der Waals surface area (Å²) in [6.07, 6.45) is 9.78. The lowest BCUT2D eigenvalue weighted by Gasteiger charge is -2.19. The van der Waals surface area contributed by atoms with Gasteiger partial charge in [-0.3, -0.25) is 4.79 Å². The topological polar surface area (TPSA) is 20.9 Å². The zero-order valence-electron chi connectivity index (χ0n) is 9.28. The van der Waals surface area contributed by atoms with Crippen LogP contribution < -0.4 is 4.57 Å². The number of aryl methyl sites for hydroxylation is 1. The molecule has 80 valence electrons. The van der Waals surface area contributed by atoms with E-state index >= 15 is 0 Å². The Morgan fingerprint density at radius 3 is 2.73 bits per heavy atom. The fourth-order valence-corrected chi connectivity index (χ4v) is 2.33. The highest BCUT2D eigenvalue weighted by Gasteiger charge is 2.23. The van der Waals surface area contributed by atoms with Gasteiger partial charge in [0.2, 0.25) is 0 Å². The molecule has 0 unspecified atom stereocenters. The molecule has 0 spiro atoms. The summed E-state index contributed by atoms with van der Waals surface area (Å²) in [7, 11) is 1.96. The van der Waals surface area contributed by atoms with Crippen LogP contribution in [0.3, 0.4) is 0 Å². The van der Waals surface area contributed by atoms with E-state index in [2.05, 4.69) is 0 Å². The van der Waals surface area contributed by atoms with Gasteiger partial charge in [0.1, 0.15) is 7.05 Å². The van der Waals surface area contributed by atoms with Crippen molar-refractivity contribution in [1.29, 1.82) is 0 Å². The summed E-state index contributed by atoms with van der Waals surface area (Å²) in [5.41, 5.74) is 0.868. The van der Waals surface area contributed by atoms with Crippen molar-refractivity contribution < 1.29 is 9.36 Å². The van der Waals surface area contributed by atoms with E-state index in [0.717, 1.165) is 18.4 Å². The lowest BCUT2D eigenvalue weighted by atomic mass is 9.84. The van der Waals surface area contributed by atoms with E-state index in [4.69, 9.17) is 0 Å². The Morgan fingerprint density at radius 1 is 1.33 bits per heavy atom. The van der Waals surface area contributed by atoms with Crippen molar-refractivity contribution in [3.63, 3.8) is 0 Å². The number of nitrogens with zero attached hydrogens (tertiary/aromatic N) is 1. The predicted octanol–water partition coefficient (Wildman–Crippen LogP) is 2.27. The number of Topliss-reactive ketones (excluding diaryl/α,β-unsaturated/α-hetero) is 1. The zero-order chi connectivity index (χ0) is 10.7. The summed E-state index contributed by atoms with van der Waals surface area (Å²) >= 11 is 0. The number of hydrogen-bond donors (Lipinski definition) is 0. The maximum atomic E-state index is 12.1. The van der Waals surface area contributed by atoms with Gasteiger partial charge in [-0.15, -0.1) is 0 Å². The van der Waals surface area contributed by atoms with Crippen molar-refractivity contribution >= 4 is 5.78 Å². The first kappa shape index (κ1) is 10.3. The van der Waals surface area contributed by atoms with Crippen LogP contribution in [0.15, 0.2) is 24.5 Å². The molecule has 2 nitrogen and oxygen atoms in total. The smallest absolute Gasteiger partial charge is 0.179 e. The quantitative estimate of drug-likeness (QED) is 0.535. The van der Waals surface area contributed by atoms with Crippen LogP contribution >= 0.6 is 0 Å². The second kappa shape index (κ2) is 4.56. The third-order valence-corrected chi connectivity index (χ3v) is 3.20. The molecule has 0 bridgehead atoms. The minimum Gasteiger partial charge on any atom is -0.294 e. The van der Waals surface area contributed by atoms with Gasteiger partial charge in [-0.2, -0.15) is 0 Å².